The number of benzene rings is 1. The number of aryl methyl sites for hydroxylation is 1. The van der Waals surface area contributed by atoms with Crippen LogP contribution in [0.1, 0.15) is 80.2 Å². The van der Waals surface area contributed by atoms with E-state index in [1.165, 1.54) is 23.2 Å². The monoisotopic (exact) mass is 696 g/mol. The van der Waals surface area contributed by atoms with Crippen LogP contribution in [0.3, 0.4) is 0 Å². The number of aromatic nitrogens is 5. The van der Waals surface area contributed by atoms with Crippen LogP contribution in [0.2, 0.25) is 5.15 Å². The van der Waals surface area contributed by atoms with Crippen LogP contribution in [-0.4, -0.2) is 73.5 Å². The molecule has 1 amide bonds. The summed E-state index contributed by atoms with van der Waals surface area (Å²) in [6.45, 7) is 9.41. The normalized spacial score (nSPS) is 22.2. The summed E-state index contributed by atoms with van der Waals surface area (Å²) in [5, 5.41) is 4.43. The highest BCUT2D eigenvalue weighted by molar-refractivity contribution is 6.62. The summed E-state index contributed by atoms with van der Waals surface area (Å²) in [5.41, 5.74) is 0.564. The number of rotatable bonds is 7. The van der Waals surface area contributed by atoms with E-state index >= 15 is 8.78 Å². The molecule has 49 heavy (non-hydrogen) atoms. The molecule has 2 unspecified atom stereocenters. The molecular weight excluding hydrogens is 660 g/mol. The highest BCUT2D eigenvalue weighted by Crippen LogP contribution is 2.49. The van der Waals surface area contributed by atoms with E-state index in [9.17, 15) is 14.0 Å². The Morgan fingerprint density at radius 3 is 2.41 bits per heavy atom. The van der Waals surface area contributed by atoms with Crippen molar-refractivity contribution in [2.45, 2.75) is 76.9 Å². The molecule has 1 saturated carbocycles. The summed E-state index contributed by atoms with van der Waals surface area (Å²) in [4.78, 5) is 40.0. The average molecular weight is 697 g/mol. The Hall–Kier alpha value is -3.75. The predicted octanol–water partition coefficient (Wildman–Crippen LogP) is 5.46. The number of hydrogen-bond acceptors (Lipinski definition) is 7. The standard InChI is InChI=1S/C34H37BClF3N6O4/c1-18-28(29-27(31(47)44-16-19(14-37)17-44)30-42-25(36)13-26(46)45(30)43-29)40-15-24(41-18)20-6-7-22(12-20)34(38,39)21-8-10-23(11-9-21)35-48-32(2,3)33(4,5)49-35/h8-11,13,15,19-20,22,42H,6-7,12,14,16-17H2,1-5H3. The summed E-state index contributed by atoms with van der Waals surface area (Å²) in [5.74, 6) is -4.90. The highest BCUT2D eigenvalue weighted by atomic mass is 35.5. The van der Waals surface area contributed by atoms with Crippen molar-refractivity contribution in [2.75, 3.05) is 19.8 Å². The van der Waals surface area contributed by atoms with Crippen molar-refractivity contribution in [1.82, 2.24) is 29.5 Å². The molecule has 0 bridgehead atoms. The SMILES string of the molecule is Cc1nc(C2CCC(C(F)(F)c3ccc(B4OC(C)(C)C(C)(C)O4)cc3)C2)cnc1-c1nn2c(=O)cc(Cl)[nH]c2c1C(=O)N1CC(CF)C1. The summed E-state index contributed by atoms with van der Waals surface area (Å²) < 4.78 is 58.1. The Morgan fingerprint density at radius 1 is 1.10 bits per heavy atom. The van der Waals surface area contributed by atoms with E-state index < -0.39 is 48.3 Å². The first-order valence-electron chi connectivity index (χ1n) is 16.4. The maximum atomic E-state index is 15.9. The van der Waals surface area contributed by atoms with Gasteiger partial charge in [0.25, 0.3) is 17.4 Å². The first-order chi connectivity index (χ1) is 23.1. The molecule has 15 heteroatoms. The number of nitrogens with one attached hydrogen (secondary N) is 1. The number of fused-ring (bicyclic) bond motifs is 1. The molecule has 258 valence electrons. The zero-order valence-corrected chi connectivity index (χ0v) is 28.7. The van der Waals surface area contributed by atoms with Crippen molar-refractivity contribution in [3.8, 4) is 11.4 Å². The quantitative estimate of drug-likeness (QED) is 0.202. The smallest absolute Gasteiger partial charge is 0.399 e. The molecule has 7 rings (SSSR count). The summed E-state index contributed by atoms with van der Waals surface area (Å²) in [7, 11) is -0.634. The molecule has 5 heterocycles. The van der Waals surface area contributed by atoms with Crippen LogP contribution in [0.25, 0.3) is 17.0 Å². The number of likely N-dealkylation sites (tertiary alicyclic amines) is 1. The molecule has 3 aromatic heterocycles. The first kappa shape index (κ1) is 33.7. The van der Waals surface area contributed by atoms with Gasteiger partial charge in [-0.2, -0.15) is 9.61 Å². The lowest BCUT2D eigenvalue weighted by atomic mass is 9.78. The van der Waals surface area contributed by atoms with Crippen LogP contribution in [0.15, 0.2) is 41.3 Å². The van der Waals surface area contributed by atoms with Gasteiger partial charge in [0.15, 0.2) is 5.65 Å². The Balaban J connectivity index is 1.11. The second-order valence-electron chi connectivity index (χ2n) is 14.4. The molecule has 4 aromatic rings. The predicted molar refractivity (Wildman–Crippen MR) is 178 cm³/mol. The molecular formula is C34H37BClF3N6O4. The number of alkyl halides is 3. The number of H-pyrrole nitrogens is 1. The van der Waals surface area contributed by atoms with Gasteiger partial charge in [-0.15, -0.1) is 0 Å². The number of carbonyl (C=O) groups excluding carboxylic acids is 1. The lowest BCUT2D eigenvalue weighted by Crippen LogP contribution is -2.50. The topological polar surface area (TPSA) is 115 Å². The van der Waals surface area contributed by atoms with Gasteiger partial charge in [0, 0.05) is 48.7 Å². The second kappa shape index (κ2) is 11.9. The third kappa shape index (κ3) is 5.75. The van der Waals surface area contributed by atoms with Crippen LogP contribution in [0.5, 0.6) is 0 Å². The number of aromatic amines is 1. The maximum Gasteiger partial charge on any atom is 0.494 e. The van der Waals surface area contributed by atoms with Gasteiger partial charge in [-0.3, -0.25) is 23.9 Å². The number of halogens is 4. The van der Waals surface area contributed by atoms with Crippen molar-refractivity contribution in [3.05, 3.63) is 74.6 Å². The van der Waals surface area contributed by atoms with Crippen LogP contribution in [0, 0.1) is 18.8 Å². The Bertz CT molecular complexity index is 1980. The van der Waals surface area contributed by atoms with Gasteiger partial charge in [-0.05, 0) is 59.3 Å². The molecule has 3 fully saturated rings. The van der Waals surface area contributed by atoms with Gasteiger partial charge in [-0.1, -0.05) is 35.9 Å². The molecule has 1 aromatic carbocycles. The van der Waals surface area contributed by atoms with Gasteiger partial charge < -0.3 is 19.2 Å². The van der Waals surface area contributed by atoms with Crippen LogP contribution < -0.4 is 11.0 Å². The third-order valence-electron chi connectivity index (χ3n) is 10.6. The minimum Gasteiger partial charge on any atom is -0.399 e. The van der Waals surface area contributed by atoms with E-state index in [0.29, 0.717) is 29.7 Å². The second-order valence-corrected chi connectivity index (χ2v) is 14.8. The molecule has 10 nitrogen and oxygen atoms in total. The Morgan fingerprint density at radius 2 is 1.78 bits per heavy atom. The average Bonchev–Trinajstić information content (AvgIpc) is 3.71. The van der Waals surface area contributed by atoms with Gasteiger partial charge in [0.2, 0.25) is 0 Å². The third-order valence-corrected chi connectivity index (χ3v) is 10.8. The van der Waals surface area contributed by atoms with E-state index in [4.69, 9.17) is 25.9 Å². The molecule has 0 radical (unpaired) electrons. The molecule has 1 N–H and O–H groups in total. The largest absolute Gasteiger partial charge is 0.494 e. The number of nitrogens with zero attached hydrogens (tertiary/aromatic N) is 5. The molecule has 3 aliphatic rings. The molecule has 0 spiro atoms. The fraction of sp³-hybridized carbons (Fsp3) is 0.500. The fourth-order valence-electron chi connectivity index (χ4n) is 6.96. The first-order valence-corrected chi connectivity index (χ1v) is 16.8. The van der Waals surface area contributed by atoms with E-state index in [2.05, 4.69) is 15.1 Å². The van der Waals surface area contributed by atoms with Crippen molar-refractivity contribution >= 4 is 35.7 Å². The van der Waals surface area contributed by atoms with Crippen molar-refractivity contribution in [1.29, 1.82) is 0 Å². The molecule has 2 aliphatic heterocycles. The van der Waals surface area contributed by atoms with Crippen molar-refractivity contribution in [2.24, 2.45) is 11.8 Å². The van der Waals surface area contributed by atoms with Crippen LogP contribution in [0.4, 0.5) is 13.2 Å². The lowest BCUT2D eigenvalue weighted by Gasteiger charge is -2.37. The summed E-state index contributed by atoms with van der Waals surface area (Å²) in [6.07, 6.45) is 2.57. The molecule has 2 atom stereocenters. The Labute approximate surface area is 286 Å². The molecule has 2 saturated heterocycles. The number of hydrogen-bond donors (Lipinski definition) is 1. The van der Waals surface area contributed by atoms with Gasteiger partial charge in [0.1, 0.15) is 22.1 Å². The summed E-state index contributed by atoms with van der Waals surface area (Å²) in [6, 6.07) is 7.34. The number of carbonyl (C=O) groups is 1. The summed E-state index contributed by atoms with van der Waals surface area (Å²) >= 11 is 6.13. The number of amides is 1. The minimum absolute atomic E-state index is 0.0230. The van der Waals surface area contributed by atoms with E-state index in [-0.39, 0.29) is 64.7 Å². The van der Waals surface area contributed by atoms with Gasteiger partial charge in [0.05, 0.1) is 29.3 Å². The fourth-order valence-corrected chi connectivity index (χ4v) is 7.14. The zero-order valence-electron chi connectivity index (χ0n) is 27.9. The van der Waals surface area contributed by atoms with Crippen molar-refractivity contribution < 1.29 is 27.3 Å². The Kier molecular flexibility index (Phi) is 8.22. The van der Waals surface area contributed by atoms with Gasteiger partial charge >= 0.3 is 7.12 Å². The van der Waals surface area contributed by atoms with Gasteiger partial charge in [-0.25, -0.2) is 8.78 Å². The maximum absolute atomic E-state index is 15.9. The van der Waals surface area contributed by atoms with Crippen LogP contribution in [-0.2, 0) is 15.2 Å². The molecule has 1 aliphatic carbocycles. The lowest BCUT2D eigenvalue weighted by molar-refractivity contribution is -0.0631. The van der Waals surface area contributed by atoms with Crippen LogP contribution >= 0.6 is 11.6 Å². The van der Waals surface area contributed by atoms with E-state index in [0.717, 1.165) is 10.6 Å². The zero-order chi connectivity index (χ0) is 35.0. The minimum atomic E-state index is -3.07. The van der Waals surface area contributed by atoms with E-state index in [1.807, 2.05) is 27.7 Å². The van der Waals surface area contributed by atoms with Crippen molar-refractivity contribution in [3.63, 3.8) is 0 Å². The highest BCUT2D eigenvalue weighted by Gasteiger charge is 2.52. The van der Waals surface area contributed by atoms with E-state index in [1.54, 1.807) is 19.1 Å².